The van der Waals surface area contributed by atoms with Crippen LogP contribution in [-0.2, 0) is 14.8 Å². The molecule has 0 aromatic heterocycles. The first-order valence-corrected chi connectivity index (χ1v) is 7.47. The number of nitrogens with one attached hydrogen (secondary N) is 2. The number of benzene rings is 1. The van der Waals surface area contributed by atoms with Crippen molar-refractivity contribution in [3.05, 3.63) is 23.8 Å². The highest BCUT2D eigenvalue weighted by molar-refractivity contribution is 7.89. The monoisotopic (exact) mass is 316 g/mol. The SMILES string of the molecule is CCNC(=O)CNS(=O)(=O)c1ccc(OC)c(C(=O)O)c1. The van der Waals surface area contributed by atoms with Gasteiger partial charge in [0.25, 0.3) is 0 Å². The van der Waals surface area contributed by atoms with Gasteiger partial charge < -0.3 is 15.2 Å². The van der Waals surface area contributed by atoms with Gasteiger partial charge >= 0.3 is 5.97 Å². The highest BCUT2D eigenvalue weighted by Gasteiger charge is 2.20. The Hall–Kier alpha value is -2.13. The molecule has 8 nitrogen and oxygen atoms in total. The summed E-state index contributed by atoms with van der Waals surface area (Å²) in [6, 6.07) is 3.41. The molecule has 0 unspecified atom stereocenters. The second-order valence-electron chi connectivity index (χ2n) is 3.95. The molecule has 0 bridgehead atoms. The molecule has 1 aromatic carbocycles. The minimum Gasteiger partial charge on any atom is -0.496 e. The van der Waals surface area contributed by atoms with Gasteiger partial charge in [-0.1, -0.05) is 0 Å². The lowest BCUT2D eigenvalue weighted by Gasteiger charge is -2.09. The van der Waals surface area contributed by atoms with E-state index in [2.05, 4.69) is 10.0 Å². The summed E-state index contributed by atoms with van der Waals surface area (Å²) in [7, 11) is -2.70. The van der Waals surface area contributed by atoms with Crippen LogP contribution in [-0.4, -0.2) is 45.6 Å². The zero-order valence-corrected chi connectivity index (χ0v) is 12.4. The van der Waals surface area contributed by atoms with E-state index in [1.807, 2.05) is 0 Å². The second kappa shape index (κ2) is 7.04. The van der Waals surface area contributed by atoms with E-state index in [0.29, 0.717) is 6.54 Å². The summed E-state index contributed by atoms with van der Waals surface area (Å²) in [6.45, 7) is 1.66. The molecule has 0 atom stereocenters. The maximum Gasteiger partial charge on any atom is 0.339 e. The van der Waals surface area contributed by atoms with Crippen LogP contribution in [0.25, 0.3) is 0 Å². The van der Waals surface area contributed by atoms with Crippen LogP contribution < -0.4 is 14.8 Å². The number of carboxylic acid groups (broad SMARTS) is 1. The van der Waals surface area contributed by atoms with Gasteiger partial charge in [0.15, 0.2) is 0 Å². The number of rotatable bonds is 7. The van der Waals surface area contributed by atoms with Crippen molar-refractivity contribution >= 4 is 21.9 Å². The Labute approximate surface area is 122 Å². The molecular formula is C12H16N2O6S. The molecule has 1 rings (SSSR count). The fourth-order valence-electron chi connectivity index (χ4n) is 1.52. The van der Waals surface area contributed by atoms with Crippen LogP contribution in [0.5, 0.6) is 5.75 Å². The van der Waals surface area contributed by atoms with Crippen molar-refractivity contribution in [2.45, 2.75) is 11.8 Å². The number of amides is 1. The first kappa shape index (κ1) is 16.9. The van der Waals surface area contributed by atoms with Crippen molar-refractivity contribution < 1.29 is 27.9 Å². The van der Waals surface area contributed by atoms with E-state index in [1.54, 1.807) is 6.92 Å². The van der Waals surface area contributed by atoms with Crippen molar-refractivity contribution in [1.29, 1.82) is 0 Å². The standard InChI is InChI=1S/C12H16N2O6S/c1-3-13-11(15)7-14-21(18,19)8-4-5-10(20-2)9(6-8)12(16)17/h4-6,14H,3,7H2,1-2H3,(H,13,15)(H,16,17). The van der Waals surface area contributed by atoms with E-state index in [4.69, 9.17) is 9.84 Å². The van der Waals surface area contributed by atoms with Crippen LogP contribution in [0.3, 0.4) is 0 Å². The fourth-order valence-corrected chi connectivity index (χ4v) is 2.53. The molecule has 1 amide bonds. The first-order chi connectivity index (χ1) is 9.81. The number of carbonyl (C=O) groups excluding carboxylic acids is 1. The largest absolute Gasteiger partial charge is 0.496 e. The van der Waals surface area contributed by atoms with E-state index in [0.717, 1.165) is 6.07 Å². The number of hydrogen-bond acceptors (Lipinski definition) is 5. The van der Waals surface area contributed by atoms with Crippen LogP contribution in [0, 0.1) is 0 Å². The summed E-state index contributed by atoms with van der Waals surface area (Å²) < 4.78 is 30.9. The highest BCUT2D eigenvalue weighted by atomic mass is 32.2. The normalized spacial score (nSPS) is 11.0. The molecule has 0 fully saturated rings. The van der Waals surface area contributed by atoms with Crippen LogP contribution in [0.15, 0.2) is 23.1 Å². The van der Waals surface area contributed by atoms with Crippen molar-refractivity contribution in [2.24, 2.45) is 0 Å². The van der Waals surface area contributed by atoms with Gasteiger partial charge in [-0.25, -0.2) is 17.9 Å². The van der Waals surface area contributed by atoms with Crippen molar-refractivity contribution in [3.63, 3.8) is 0 Å². The number of ether oxygens (including phenoxy) is 1. The van der Waals surface area contributed by atoms with E-state index >= 15 is 0 Å². The highest BCUT2D eigenvalue weighted by Crippen LogP contribution is 2.22. The lowest BCUT2D eigenvalue weighted by Crippen LogP contribution is -2.36. The molecule has 0 aliphatic heterocycles. The Bertz CT molecular complexity index is 641. The molecule has 0 saturated carbocycles. The van der Waals surface area contributed by atoms with E-state index in [9.17, 15) is 18.0 Å². The van der Waals surface area contributed by atoms with Gasteiger partial charge in [0.2, 0.25) is 15.9 Å². The third-order valence-electron chi connectivity index (χ3n) is 2.51. The topological polar surface area (TPSA) is 122 Å². The first-order valence-electron chi connectivity index (χ1n) is 5.99. The number of carboxylic acids is 1. The molecule has 0 radical (unpaired) electrons. The zero-order valence-electron chi connectivity index (χ0n) is 11.5. The molecular weight excluding hydrogens is 300 g/mol. The number of sulfonamides is 1. The van der Waals surface area contributed by atoms with Crippen LogP contribution in [0.1, 0.15) is 17.3 Å². The third kappa shape index (κ3) is 4.43. The minimum absolute atomic E-state index is 0.0465. The summed E-state index contributed by atoms with van der Waals surface area (Å²) >= 11 is 0. The average Bonchev–Trinajstić information content (AvgIpc) is 2.44. The number of carbonyl (C=O) groups is 2. The Morgan fingerprint density at radius 3 is 2.52 bits per heavy atom. The van der Waals surface area contributed by atoms with Crippen LogP contribution in [0.2, 0.25) is 0 Å². The van der Waals surface area contributed by atoms with Gasteiger partial charge in [-0.05, 0) is 25.1 Å². The van der Waals surface area contributed by atoms with Gasteiger partial charge in [0, 0.05) is 6.54 Å². The number of methoxy groups -OCH3 is 1. The molecule has 0 heterocycles. The molecule has 9 heteroatoms. The summed E-state index contributed by atoms with van der Waals surface area (Å²) in [4.78, 5) is 22.0. The molecule has 0 spiro atoms. The second-order valence-corrected chi connectivity index (χ2v) is 5.71. The van der Waals surface area contributed by atoms with Crippen molar-refractivity contribution in [2.75, 3.05) is 20.2 Å². The van der Waals surface area contributed by atoms with Gasteiger partial charge in [0.1, 0.15) is 11.3 Å². The maximum absolute atomic E-state index is 12.0. The average molecular weight is 316 g/mol. The van der Waals surface area contributed by atoms with Gasteiger partial charge in [-0.3, -0.25) is 4.79 Å². The molecule has 21 heavy (non-hydrogen) atoms. The lowest BCUT2D eigenvalue weighted by molar-refractivity contribution is -0.119. The molecule has 0 aliphatic rings. The van der Waals surface area contributed by atoms with Gasteiger partial charge in [0.05, 0.1) is 18.6 Å². The minimum atomic E-state index is -3.98. The number of likely N-dealkylation sites (N-methyl/N-ethyl adjacent to an activating group) is 1. The Kier molecular flexibility index (Phi) is 5.68. The van der Waals surface area contributed by atoms with E-state index in [-0.39, 0.29) is 16.2 Å². The molecule has 0 aliphatic carbocycles. The summed E-state index contributed by atoms with van der Waals surface area (Å²) in [5, 5.41) is 11.5. The quantitative estimate of drug-likeness (QED) is 0.641. The number of aromatic carboxylic acids is 1. The zero-order chi connectivity index (χ0) is 16.0. The Balaban J connectivity index is 3.01. The smallest absolute Gasteiger partial charge is 0.339 e. The molecule has 1 aromatic rings. The lowest BCUT2D eigenvalue weighted by atomic mass is 10.2. The molecule has 3 N–H and O–H groups in total. The summed E-state index contributed by atoms with van der Waals surface area (Å²) in [5.74, 6) is -1.74. The van der Waals surface area contributed by atoms with Crippen LogP contribution >= 0.6 is 0 Å². The maximum atomic E-state index is 12.0. The summed E-state index contributed by atoms with van der Waals surface area (Å²) in [5.41, 5.74) is -0.279. The van der Waals surface area contributed by atoms with Gasteiger partial charge in [-0.15, -0.1) is 0 Å². The predicted octanol–water partition coefficient (Wildman–Crippen LogP) is -0.192. The predicted molar refractivity (Wildman–Crippen MR) is 73.8 cm³/mol. The molecule has 116 valence electrons. The Morgan fingerprint density at radius 2 is 2.00 bits per heavy atom. The third-order valence-corrected chi connectivity index (χ3v) is 3.91. The fraction of sp³-hybridized carbons (Fsp3) is 0.333. The van der Waals surface area contributed by atoms with E-state index < -0.39 is 28.4 Å². The summed E-state index contributed by atoms with van der Waals surface area (Å²) in [6.07, 6.45) is 0. The van der Waals surface area contributed by atoms with Crippen molar-refractivity contribution in [1.82, 2.24) is 10.0 Å². The van der Waals surface area contributed by atoms with Crippen LogP contribution in [0.4, 0.5) is 0 Å². The molecule has 0 saturated heterocycles. The Morgan fingerprint density at radius 1 is 1.33 bits per heavy atom. The van der Waals surface area contributed by atoms with Gasteiger partial charge in [-0.2, -0.15) is 0 Å². The number of hydrogen-bond donors (Lipinski definition) is 3. The van der Waals surface area contributed by atoms with E-state index in [1.165, 1.54) is 19.2 Å². The van der Waals surface area contributed by atoms with Crippen molar-refractivity contribution in [3.8, 4) is 5.75 Å².